The number of thiazole rings is 1. The van der Waals surface area contributed by atoms with Gasteiger partial charge in [-0.05, 0) is 42.5 Å². The normalized spacial score (nSPS) is 11.5. The second-order valence-corrected chi connectivity index (χ2v) is 9.89. The molecule has 0 aliphatic carbocycles. The first-order valence-electron chi connectivity index (χ1n) is 8.54. The minimum Gasteiger partial charge on any atom is -0.298 e. The van der Waals surface area contributed by atoms with Crippen LogP contribution < -0.4 is 5.32 Å². The molecule has 29 heavy (non-hydrogen) atoms. The van der Waals surface area contributed by atoms with Crippen molar-refractivity contribution in [3.63, 3.8) is 0 Å². The molecule has 1 amide bonds. The molecule has 2 aromatic carbocycles. The van der Waals surface area contributed by atoms with Crippen molar-refractivity contribution in [2.45, 2.75) is 4.90 Å². The molecule has 150 valence electrons. The van der Waals surface area contributed by atoms with E-state index < -0.39 is 10.0 Å². The molecule has 0 atom stereocenters. The predicted octanol–water partition coefficient (Wildman–Crippen LogP) is 4.67. The Balaban J connectivity index is 1.78. The maximum atomic E-state index is 12.7. The number of rotatable bonds is 8. The predicted molar refractivity (Wildman–Crippen MR) is 121 cm³/mol. The van der Waals surface area contributed by atoms with Crippen LogP contribution in [-0.4, -0.2) is 36.7 Å². The van der Waals surface area contributed by atoms with E-state index in [1.54, 1.807) is 0 Å². The number of carbonyl (C=O) groups excluding carboxylic acids is 1. The molecule has 3 aromatic rings. The topological polar surface area (TPSA) is 79.4 Å². The molecule has 0 saturated heterocycles. The molecule has 0 saturated carbocycles. The summed E-state index contributed by atoms with van der Waals surface area (Å²) in [4.78, 5) is 17.0. The number of hydrogen-bond acceptors (Lipinski definition) is 5. The van der Waals surface area contributed by atoms with Gasteiger partial charge in [-0.1, -0.05) is 39.4 Å². The Bertz CT molecular complexity index is 1160. The van der Waals surface area contributed by atoms with Crippen LogP contribution in [0.15, 0.2) is 77.1 Å². The molecule has 0 radical (unpaired) electrons. The monoisotopic (exact) mass is 491 g/mol. The van der Waals surface area contributed by atoms with Crippen molar-refractivity contribution in [1.82, 2.24) is 9.29 Å². The number of anilines is 1. The Labute approximate surface area is 181 Å². The minimum absolute atomic E-state index is 0.0996. The molecule has 0 aliphatic rings. The highest BCUT2D eigenvalue weighted by atomic mass is 79.9. The fourth-order valence-electron chi connectivity index (χ4n) is 2.61. The molecule has 1 heterocycles. The van der Waals surface area contributed by atoms with Crippen LogP contribution in [0.4, 0.5) is 5.13 Å². The highest BCUT2D eigenvalue weighted by molar-refractivity contribution is 9.10. The summed E-state index contributed by atoms with van der Waals surface area (Å²) in [5.41, 5.74) is 1.13. The van der Waals surface area contributed by atoms with E-state index >= 15 is 0 Å². The highest BCUT2D eigenvalue weighted by Crippen LogP contribution is 2.28. The summed E-state index contributed by atoms with van der Waals surface area (Å²) < 4.78 is 28.6. The van der Waals surface area contributed by atoms with Crippen LogP contribution in [0.1, 0.15) is 10.4 Å². The van der Waals surface area contributed by atoms with Gasteiger partial charge in [-0.3, -0.25) is 10.1 Å². The first-order valence-corrected chi connectivity index (χ1v) is 11.6. The van der Waals surface area contributed by atoms with Gasteiger partial charge >= 0.3 is 0 Å². The first-order chi connectivity index (χ1) is 13.8. The van der Waals surface area contributed by atoms with Crippen molar-refractivity contribution in [2.24, 2.45) is 0 Å². The molecule has 0 spiro atoms. The van der Waals surface area contributed by atoms with Gasteiger partial charge in [0.05, 0.1) is 15.1 Å². The zero-order valence-electron chi connectivity index (χ0n) is 15.3. The number of carbonyl (C=O) groups is 1. The Morgan fingerprint density at radius 3 is 2.41 bits per heavy atom. The average Bonchev–Trinajstić information content (AvgIpc) is 3.09. The van der Waals surface area contributed by atoms with Crippen LogP contribution >= 0.6 is 27.3 Å². The summed E-state index contributed by atoms with van der Waals surface area (Å²) in [5.74, 6) is -0.360. The smallest absolute Gasteiger partial charge is 0.257 e. The summed E-state index contributed by atoms with van der Waals surface area (Å²) in [6.45, 7) is 7.52. The molecule has 1 N–H and O–H groups in total. The molecule has 0 unspecified atom stereocenters. The van der Waals surface area contributed by atoms with Crippen LogP contribution in [0.3, 0.4) is 0 Å². The Morgan fingerprint density at radius 1 is 1.14 bits per heavy atom. The Hall–Kier alpha value is -2.33. The fourth-order valence-corrected chi connectivity index (χ4v) is 5.40. The molecule has 0 aliphatic heterocycles. The number of aromatic nitrogens is 1. The molecule has 0 bridgehead atoms. The fraction of sp³-hybridized carbons (Fsp3) is 0.100. The van der Waals surface area contributed by atoms with Crippen molar-refractivity contribution < 1.29 is 13.2 Å². The Kier molecular flexibility index (Phi) is 6.63. The van der Waals surface area contributed by atoms with Gasteiger partial charge in [0.1, 0.15) is 0 Å². The van der Waals surface area contributed by atoms with Gasteiger partial charge in [-0.25, -0.2) is 13.4 Å². The van der Waals surface area contributed by atoms with Crippen molar-refractivity contribution in [1.29, 1.82) is 0 Å². The molecule has 1 aromatic heterocycles. The summed E-state index contributed by atoms with van der Waals surface area (Å²) in [6, 6.07) is 11.5. The lowest BCUT2D eigenvalue weighted by molar-refractivity contribution is 0.102. The van der Waals surface area contributed by atoms with E-state index in [4.69, 9.17) is 0 Å². The lowest BCUT2D eigenvalue weighted by Gasteiger charge is -2.19. The van der Waals surface area contributed by atoms with Gasteiger partial charge < -0.3 is 0 Å². The van der Waals surface area contributed by atoms with Crippen LogP contribution in [0.25, 0.3) is 10.2 Å². The third kappa shape index (κ3) is 4.81. The largest absolute Gasteiger partial charge is 0.298 e. The maximum absolute atomic E-state index is 12.7. The summed E-state index contributed by atoms with van der Waals surface area (Å²) >= 11 is 4.77. The van der Waals surface area contributed by atoms with Crippen LogP contribution in [-0.2, 0) is 10.0 Å². The maximum Gasteiger partial charge on any atom is 0.257 e. The number of halogens is 1. The molecular formula is C20H18BrN3O3S2. The van der Waals surface area contributed by atoms with E-state index in [-0.39, 0.29) is 23.9 Å². The van der Waals surface area contributed by atoms with Crippen molar-refractivity contribution in [2.75, 3.05) is 18.4 Å². The van der Waals surface area contributed by atoms with Gasteiger partial charge in [-0.15, -0.1) is 13.2 Å². The molecule has 0 fully saturated rings. The standard InChI is InChI=1S/C20H18BrN3O3S2/c1-3-11-24(12-4-2)29(26,27)16-8-5-14(6-9-16)19(25)23-20-22-17-10-7-15(21)13-18(17)28-20/h3-10,13H,1-2,11-12H2,(H,22,23,25). The van der Waals surface area contributed by atoms with E-state index in [1.807, 2.05) is 18.2 Å². The molecule has 9 heteroatoms. The quantitative estimate of drug-likeness (QED) is 0.464. The summed E-state index contributed by atoms with van der Waals surface area (Å²) in [6.07, 6.45) is 3.03. The number of amides is 1. The van der Waals surface area contributed by atoms with E-state index in [0.29, 0.717) is 10.7 Å². The van der Waals surface area contributed by atoms with E-state index in [9.17, 15) is 13.2 Å². The highest BCUT2D eigenvalue weighted by Gasteiger charge is 2.22. The lowest BCUT2D eigenvalue weighted by Crippen LogP contribution is -2.31. The van der Waals surface area contributed by atoms with Crippen molar-refractivity contribution in [3.05, 3.63) is 77.8 Å². The molecular weight excluding hydrogens is 474 g/mol. The van der Waals surface area contributed by atoms with Gasteiger partial charge in [-0.2, -0.15) is 4.31 Å². The zero-order valence-corrected chi connectivity index (χ0v) is 18.6. The van der Waals surface area contributed by atoms with E-state index in [1.165, 1.54) is 52.1 Å². The SMILES string of the molecule is C=CCN(CC=C)S(=O)(=O)c1ccc(C(=O)Nc2nc3ccc(Br)cc3s2)cc1. The van der Waals surface area contributed by atoms with Crippen molar-refractivity contribution >= 4 is 58.5 Å². The number of sulfonamides is 1. The van der Waals surface area contributed by atoms with Crippen LogP contribution in [0, 0.1) is 0 Å². The zero-order chi connectivity index (χ0) is 21.0. The van der Waals surface area contributed by atoms with E-state index in [2.05, 4.69) is 39.4 Å². The minimum atomic E-state index is -3.70. The second kappa shape index (κ2) is 9.00. The van der Waals surface area contributed by atoms with Gasteiger partial charge in [0, 0.05) is 23.1 Å². The number of hydrogen-bond donors (Lipinski definition) is 1. The Morgan fingerprint density at radius 2 is 1.79 bits per heavy atom. The van der Waals surface area contributed by atoms with Crippen molar-refractivity contribution in [3.8, 4) is 0 Å². The lowest BCUT2D eigenvalue weighted by atomic mass is 10.2. The molecule has 3 rings (SSSR count). The third-order valence-corrected chi connectivity index (χ3v) is 7.26. The summed E-state index contributed by atoms with van der Waals surface area (Å²) in [5, 5.41) is 3.23. The number of nitrogens with zero attached hydrogens (tertiary/aromatic N) is 2. The van der Waals surface area contributed by atoms with Gasteiger partial charge in [0.15, 0.2) is 5.13 Å². The van der Waals surface area contributed by atoms with Crippen LogP contribution in [0.2, 0.25) is 0 Å². The number of nitrogens with one attached hydrogen (secondary N) is 1. The van der Waals surface area contributed by atoms with Gasteiger partial charge in [0.25, 0.3) is 5.91 Å². The number of fused-ring (bicyclic) bond motifs is 1. The van der Waals surface area contributed by atoms with E-state index in [0.717, 1.165) is 14.7 Å². The van der Waals surface area contributed by atoms with Gasteiger partial charge in [0.2, 0.25) is 10.0 Å². The first kappa shape index (κ1) is 21.4. The number of benzene rings is 2. The summed E-state index contributed by atoms with van der Waals surface area (Å²) in [7, 11) is -3.70. The second-order valence-electron chi connectivity index (χ2n) is 6.01. The third-order valence-electron chi connectivity index (χ3n) is 3.99. The average molecular weight is 492 g/mol. The van der Waals surface area contributed by atoms with Crippen LogP contribution in [0.5, 0.6) is 0 Å². The molecule has 6 nitrogen and oxygen atoms in total.